The number of carboxylic acid groups (broad SMARTS) is 1. The molecule has 0 saturated heterocycles. The largest absolute Gasteiger partial charge is 0.478 e. The molecule has 0 radical (unpaired) electrons. The number of ether oxygens (including phenoxy) is 1. The van der Waals surface area contributed by atoms with Gasteiger partial charge in [0.1, 0.15) is 29.0 Å². The molecule has 0 amide bonds. The van der Waals surface area contributed by atoms with Crippen molar-refractivity contribution >= 4 is 5.97 Å². The third-order valence-electron chi connectivity index (χ3n) is 2.58. The van der Waals surface area contributed by atoms with Crippen molar-refractivity contribution in [1.29, 1.82) is 10.5 Å². The molecule has 96 valence electrons. The maximum absolute atomic E-state index is 11.2. The molecular formula is C15H8N2O3. The van der Waals surface area contributed by atoms with E-state index in [1.807, 2.05) is 12.1 Å². The zero-order valence-electron chi connectivity index (χ0n) is 10.2. The fraction of sp³-hybridized carbons (Fsp3) is 0. The molecule has 0 fully saturated rings. The summed E-state index contributed by atoms with van der Waals surface area (Å²) >= 11 is 0. The van der Waals surface area contributed by atoms with Gasteiger partial charge in [0.25, 0.3) is 0 Å². The van der Waals surface area contributed by atoms with Gasteiger partial charge < -0.3 is 9.84 Å². The fourth-order valence-electron chi connectivity index (χ4n) is 1.67. The number of hydrogen-bond donors (Lipinski definition) is 1. The molecular weight excluding hydrogens is 256 g/mol. The van der Waals surface area contributed by atoms with Gasteiger partial charge in [0.15, 0.2) is 5.75 Å². The topological polar surface area (TPSA) is 94.1 Å². The van der Waals surface area contributed by atoms with Crippen molar-refractivity contribution in [2.24, 2.45) is 0 Å². The maximum atomic E-state index is 11.2. The van der Waals surface area contributed by atoms with Crippen LogP contribution in [-0.4, -0.2) is 11.1 Å². The van der Waals surface area contributed by atoms with Crippen LogP contribution >= 0.6 is 0 Å². The number of nitrogens with zero attached hydrogens (tertiary/aromatic N) is 2. The number of aromatic carboxylic acids is 1. The molecule has 1 N–H and O–H groups in total. The van der Waals surface area contributed by atoms with Crippen LogP contribution in [0.15, 0.2) is 42.5 Å². The lowest BCUT2D eigenvalue weighted by Crippen LogP contribution is -2.03. The minimum Gasteiger partial charge on any atom is -0.478 e. The van der Waals surface area contributed by atoms with Crippen LogP contribution in [0, 0.1) is 22.7 Å². The second kappa shape index (κ2) is 5.55. The summed E-state index contributed by atoms with van der Waals surface area (Å²) in [5.74, 6) is -0.955. The van der Waals surface area contributed by atoms with Crippen LogP contribution in [0.4, 0.5) is 0 Å². The summed E-state index contributed by atoms with van der Waals surface area (Å²) in [6, 6.07) is 14.7. The van der Waals surface area contributed by atoms with E-state index in [1.54, 1.807) is 30.3 Å². The van der Waals surface area contributed by atoms with Gasteiger partial charge in [0, 0.05) is 0 Å². The number of rotatable bonds is 3. The predicted molar refractivity (Wildman–Crippen MR) is 69.3 cm³/mol. The second-order valence-electron chi connectivity index (χ2n) is 3.81. The van der Waals surface area contributed by atoms with E-state index >= 15 is 0 Å². The van der Waals surface area contributed by atoms with Gasteiger partial charge >= 0.3 is 5.97 Å². The maximum Gasteiger partial charge on any atom is 0.339 e. The summed E-state index contributed by atoms with van der Waals surface area (Å²) in [4.78, 5) is 11.2. The Kier molecular flexibility index (Phi) is 3.65. The summed E-state index contributed by atoms with van der Waals surface area (Å²) < 4.78 is 5.48. The zero-order chi connectivity index (χ0) is 14.5. The first-order valence-electron chi connectivity index (χ1n) is 5.60. The summed E-state index contributed by atoms with van der Waals surface area (Å²) in [5, 5.41) is 27.3. The normalized spacial score (nSPS) is 9.30. The van der Waals surface area contributed by atoms with Gasteiger partial charge in [-0.25, -0.2) is 4.79 Å². The van der Waals surface area contributed by atoms with E-state index < -0.39 is 5.97 Å². The third kappa shape index (κ3) is 2.43. The number of benzene rings is 2. The lowest BCUT2D eigenvalue weighted by atomic mass is 10.0. The molecule has 0 aromatic heterocycles. The minimum atomic E-state index is -1.23. The highest BCUT2D eigenvalue weighted by molar-refractivity contribution is 5.92. The Morgan fingerprint density at radius 2 is 1.75 bits per heavy atom. The van der Waals surface area contributed by atoms with Crippen LogP contribution in [-0.2, 0) is 0 Å². The monoisotopic (exact) mass is 264 g/mol. The zero-order valence-corrected chi connectivity index (χ0v) is 10.2. The molecule has 0 saturated carbocycles. The van der Waals surface area contributed by atoms with E-state index in [1.165, 1.54) is 12.1 Å². The molecule has 5 heteroatoms. The van der Waals surface area contributed by atoms with Gasteiger partial charge in [-0.1, -0.05) is 18.2 Å². The van der Waals surface area contributed by atoms with Gasteiger partial charge in [0.05, 0.1) is 5.56 Å². The van der Waals surface area contributed by atoms with E-state index in [-0.39, 0.29) is 22.4 Å². The van der Waals surface area contributed by atoms with Crippen molar-refractivity contribution in [2.45, 2.75) is 0 Å². The fourth-order valence-corrected chi connectivity index (χ4v) is 1.67. The van der Waals surface area contributed by atoms with Gasteiger partial charge in [-0.3, -0.25) is 0 Å². The van der Waals surface area contributed by atoms with Crippen molar-refractivity contribution in [3.05, 3.63) is 59.2 Å². The van der Waals surface area contributed by atoms with E-state index in [4.69, 9.17) is 20.4 Å². The Morgan fingerprint density at radius 1 is 1.05 bits per heavy atom. The van der Waals surface area contributed by atoms with Crippen molar-refractivity contribution in [3.63, 3.8) is 0 Å². The average Bonchev–Trinajstić information content (AvgIpc) is 2.47. The Morgan fingerprint density at radius 3 is 2.30 bits per heavy atom. The lowest BCUT2D eigenvalue weighted by Gasteiger charge is -2.11. The van der Waals surface area contributed by atoms with E-state index in [9.17, 15) is 4.79 Å². The van der Waals surface area contributed by atoms with Crippen LogP contribution in [0.2, 0.25) is 0 Å². The van der Waals surface area contributed by atoms with Gasteiger partial charge in [-0.05, 0) is 24.3 Å². The number of carbonyl (C=O) groups is 1. The highest BCUT2D eigenvalue weighted by Crippen LogP contribution is 2.31. The molecule has 0 aliphatic heterocycles. The van der Waals surface area contributed by atoms with Crippen LogP contribution in [0.1, 0.15) is 21.5 Å². The Balaban J connectivity index is 2.62. The SMILES string of the molecule is N#Cc1ccc(C(=O)O)c(Oc2ccccc2)c1C#N. The molecule has 20 heavy (non-hydrogen) atoms. The van der Waals surface area contributed by atoms with Gasteiger partial charge in [-0.2, -0.15) is 10.5 Å². The predicted octanol–water partition coefficient (Wildman–Crippen LogP) is 2.92. The molecule has 5 nitrogen and oxygen atoms in total. The Bertz CT molecular complexity index is 740. The van der Waals surface area contributed by atoms with E-state index in [0.717, 1.165) is 0 Å². The summed E-state index contributed by atoms with van der Waals surface area (Å²) in [7, 11) is 0. The molecule has 0 aliphatic rings. The highest BCUT2D eigenvalue weighted by atomic mass is 16.5. The first kappa shape index (κ1) is 13.1. The standard InChI is InChI=1S/C15H8N2O3/c16-8-10-6-7-12(15(18)19)14(13(10)9-17)20-11-4-2-1-3-5-11/h1-7H,(H,18,19). The van der Waals surface area contributed by atoms with Crippen molar-refractivity contribution < 1.29 is 14.6 Å². The lowest BCUT2D eigenvalue weighted by molar-refractivity contribution is 0.0694. The number of nitriles is 2. The van der Waals surface area contributed by atoms with Gasteiger partial charge in [-0.15, -0.1) is 0 Å². The van der Waals surface area contributed by atoms with Gasteiger partial charge in [0.2, 0.25) is 0 Å². The average molecular weight is 264 g/mol. The highest BCUT2D eigenvalue weighted by Gasteiger charge is 2.19. The molecule has 2 aromatic rings. The Labute approximate surface area is 114 Å². The number of para-hydroxylation sites is 1. The van der Waals surface area contributed by atoms with Crippen LogP contribution in [0.25, 0.3) is 0 Å². The number of carboxylic acids is 1. The summed E-state index contributed by atoms with van der Waals surface area (Å²) in [5.41, 5.74) is -0.177. The van der Waals surface area contributed by atoms with Crippen molar-refractivity contribution in [3.8, 4) is 23.6 Å². The molecule has 2 rings (SSSR count). The summed E-state index contributed by atoms with van der Waals surface area (Å²) in [6.07, 6.45) is 0. The number of hydrogen-bond acceptors (Lipinski definition) is 4. The Hall–Kier alpha value is -3.31. The smallest absolute Gasteiger partial charge is 0.339 e. The molecule has 0 spiro atoms. The van der Waals surface area contributed by atoms with Crippen LogP contribution in [0.5, 0.6) is 11.5 Å². The third-order valence-corrected chi connectivity index (χ3v) is 2.58. The van der Waals surface area contributed by atoms with Crippen molar-refractivity contribution in [1.82, 2.24) is 0 Å². The molecule has 0 heterocycles. The first-order chi connectivity index (χ1) is 9.67. The molecule has 0 bridgehead atoms. The first-order valence-corrected chi connectivity index (χ1v) is 5.60. The minimum absolute atomic E-state index is 0.0726. The molecule has 0 atom stereocenters. The van der Waals surface area contributed by atoms with E-state index in [0.29, 0.717) is 5.75 Å². The molecule has 2 aromatic carbocycles. The van der Waals surface area contributed by atoms with E-state index in [2.05, 4.69) is 0 Å². The molecule has 0 unspecified atom stereocenters. The van der Waals surface area contributed by atoms with Crippen LogP contribution in [0.3, 0.4) is 0 Å². The van der Waals surface area contributed by atoms with Crippen LogP contribution < -0.4 is 4.74 Å². The summed E-state index contributed by atoms with van der Waals surface area (Å²) in [6.45, 7) is 0. The van der Waals surface area contributed by atoms with Crippen molar-refractivity contribution in [2.75, 3.05) is 0 Å². The second-order valence-corrected chi connectivity index (χ2v) is 3.81. The quantitative estimate of drug-likeness (QED) is 0.919. The molecule has 0 aliphatic carbocycles.